The molecule has 1 amide bonds. The summed E-state index contributed by atoms with van der Waals surface area (Å²) in [4.78, 5) is 20.8. The van der Waals surface area contributed by atoms with E-state index in [1.165, 1.54) is 6.33 Å². The molecular formula is C22H17ClN4O2. The Kier molecular flexibility index (Phi) is 5.35. The normalized spacial score (nSPS) is 10.7. The fraction of sp³-hybridized carbons (Fsp3) is 0.0909. The first-order chi connectivity index (χ1) is 14.1. The highest BCUT2D eigenvalue weighted by Crippen LogP contribution is 2.37. The van der Waals surface area contributed by atoms with Gasteiger partial charge in [0, 0.05) is 16.8 Å². The molecule has 6 nitrogen and oxygen atoms in total. The lowest BCUT2D eigenvalue weighted by molar-refractivity contribution is -0.115. The summed E-state index contributed by atoms with van der Waals surface area (Å²) in [6.45, 7) is 1.92. The first kappa shape index (κ1) is 18.8. The molecule has 0 saturated carbocycles. The quantitative estimate of drug-likeness (QED) is 0.509. The highest BCUT2D eigenvalue weighted by molar-refractivity contribution is 6.31. The van der Waals surface area contributed by atoms with E-state index in [1.807, 2.05) is 49.4 Å². The number of benzene rings is 2. The predicted molar refractivity (Wildman–Crippen MR) is 111 cm³/mol. The molecule has 7 heteroatoms. The Hall–Kier alpha value is -3.51. The number of aryl methyl sites for hydroxylation is 1. The van der Waals surface area contributed by atoms with Crippen LogP contribution in [0.3, 0.4) is 0 Å². The van der Waals surface area contributed by atoms with Gasteiger partial charge in [-0.3, -0.25) is 10.1 Å². The number of rotatable bonds is 5. The van der Waals surface area contributed by atoms with Crippen LogP contribution < -0.4 is 5.32 Å². The molecule has 29 heavy (non-hydrogen) atoms. The topological polar surface area (TPSA) is 80.9 Å². The molecule has 0 saturated heterocycles. The van der Waals surface area contributed by atoms with Gasteiger partial charge in [-0.15, -0.1) is 0 Å². The van der Waals surface area contributed by atoms with Crippen molar-refractivity contribution < 1.29 is 9.32 Å². The Balaban J connectivity index is 1.71. The summed E-state index contributed by atoms with van der Waals surface area (Å²) in [5, 5.41) is 7.68. The zero-order valence-corrected chi connectivity index (χ0v) is 16.3. The zero-order chi connectivity index (χ0) is 20.2. The van der Waals surface area contributed by atoms with Gasteiger partial charge >= 0.3 is 0 Å². The van der Waals surface area contributed by atoms with E-state index in [4.69, 9.17) is 16.1 Å². The van der Waals surface area contributed by atoms with E-state index < -0.39 is 0 Å². The van der Waals surface area contributed by atoms with Crippen LogP contribution in [0.4, 0.5) is 5.88 Å². The van der Waals surface area contributed by atoms with E-state index in [1.54, 1.807) is 18.3 Å². The summed E-state index contributed by atoms with van der Waals surface area (Å²) >= 11 is 6.15. The second-order valence-electron chi connectivity index (χ2n) is 6.50. The van der Waals surface area contributed by atoms with Crippen LogP contribution in [-0.4, -0.2) is 21.0 Å². The third kappa shape index (κ3) is 4.17. The van der Waals surface area contributed by atoms with E-state index in [0.717, 1.165) is 16.7 Å². The fourth-order valence-electron chi connectivity index (χ4n) is 2.99. The lowest BCUT2D eigenvalue weighted by Crippen LogP contribution is -2.14. The predicted octanol–water partition coefficient (Wildman–Crippen LogP) is 4.94. The number of carbonyl (C=O) groups excluding carboxylic acids is 1. The second-order valence-corrected chi connectivity index (χ2v) is 6.91. The maximum absolute atomic E-state index is 12.6. The maximum Gasteiger partial charge on any atom is 0.241 e. The number of anilines is 1. The number of amides is 1. The van der Waals surface area contributed by atoms with Crippen molar-refractivity contribution in [3.63, 3.8) is 0 Å². The van der Waals surface area contributed by atoms with Crippen molar-refractivity contribution in [1.82, 2.24) is 15.1 Å². The summed E-state index contributed by atoms with van der Waals surface area (Å²) in [5.41, 5.74) is 4.39. The van der Waals surface area contributed by atoms with E-state index in [0.29, 0.717) is 22.0 Å². The molecule has 0 spiro atoms. The monoisotopic (exact) mass is 404 g/mol. The lowest BCUT2D eigenvalue weighted by atomic mass is 10.0. The van der Waals surface area contributed by atoms with Crippen LogP contribution >= 0.6 is 11.6 Å². The molecule has 1 N–H and O–H groups in total. The molecule has 0 aliphatic carbocycles. The van der Waals surface area contributed by atoms with Gasteiger partial charge in [-0.05, 0) is 36.2 Å². The molecule has 144 valence electrons. The van der Waals surface area contributed by atoms with Gasteiger partial charge in [-0.1, -0.05) is 53.2 Å². The van der Waals surface area contributed by atoms with Gasteiger partial charge in [-0.25, -0.2) is 9.97 Å². The number of nitrogens with zero attached hydrogens (tertiary/aromatic N) is 3. The molecule has 0 fully saturated rings. The molecule has 0 bridgehead atoms. The van der Waals surface area contributed by atoms with Crippen LogP contribution in [0.25, 0.3) is 22.5 Å². The van der Waals surface area contributed by atoms with Gasteiger partial charge in [0.2, 0.25) is 11.8 Å². The number of hydrogen-bond acceptors (Lipinski definition) is 5. The largest absolute Gasteiger partial charge is 0.337 e. The average Bonchev–Trinajstić information content (AvgIpc) is 3.14. The van der Waals surface area contributed by atoms with Crippen LogP contribution in [0.2, 0.25) is 5.02 Å². The SMILES string of the molecule is Cc1cc(-c2noc(NC(=O)Cc3ccccc3)c2-c2ccncn2)ccc1Cl. The number of carbonyl (C=O) groups is 1. The Morgan fingerprint density at radius 2 is 1.97 bits per heavy atom. The summed E-state index contributed by atoms with van der Waals surface area (Å²) in [5.74, 6) is 0.0359. The summed E-state index contributed by atoms with van der Waals surface area (Å²) in [6.07, 6.45) is 3.29. The van der Waals surface area contributed by atoms with Crippen LogP contribution in [0.1, 0.15) is 11.1 Å². The third-order valence-corrected chi connectivity index (χ3v) is 4.85. The molecule has 0 radical (unpaired) electrons. The lowest BCUT2D eigenvalue weighted by Gasteiger charge is -2.06. The van der Waals surface area contributed by atoms with Crippen molar-refractivity contribution in [1.29, 1.82) is 0 Å². The fourth-order valence-corrected chi connectivity index (χ4v) is 3.11. The number of nitrogens with one attached hydrogen (secondary N) is 1. The first-order valence-corrected chi connectivity index (χ1v) is 9.36. The van der Waals surface area contributed by atoms with Crippen LogP contribution in [-0.2, 0) is 11.2 Å². The van der Waals surface area contributed by atoms with Crippen molar-refractivity contribution in [2.75, 3.05) is 5.32 Å². The van der Waals surface area contributed by atoms with Crippen molar-refractivity contribution in [2.24, 2.45) is 0 Å². The van der Waals surface area contributed by atoms with Crippen LogP contribution in [0.15, 0.2) is 71.6 Å². The second kappa shape index (κ2) is 8.24. The summed E-state index contributed by atoms with van der Waals surface area (Å²) in [7, 11) is 0. The molecule has 0 atom stereocenters. The number of halogens is 1. The van der Waals surface area contributed by atoms with Crippen molar-refractivity contribution in [3.05, 3.63) is 83.3 Å². The minimum Gasteiger partial charge on any atom is -0.337 e. The van der Waals surface area contributed by atoms with E-state index in [2.05, 4.69) is 20.4 Å². The van der Waals surface area contributed by atoms with E-state index in [9.17, 15) is 4.79 Å². The molecule has 0 unspecified atom stereocenters. The highest BCUT2D eigenvalue weighted by atomic mass is 35.5. The molecule has 4 rings (SSSR count). The van der Waals surface area contributed by atoms with Gasteiger partial charge in [-0.2, -0.15) is 0 Å². The standard InChI is InChI=1S/C22H17ClN4O2/c1-14-11-16(7-8-17(14)23)21-20(18-9-10-24-13-25-18)22(29-27-21)26-19(28)12-15-5-3-2-4-6-15/h2-11,13H,12H2,1H3,(H,26,28). The van der Waals surface area contributed by atoms with Gasteiger partial charge < -0.3 is 4.52 Å². The van der Waals surface area contributed by atoms with Gasteiger partial charge in [0.25, 0.3) is 0 Å². The molecular weight excluding hydrogens is 388 g/mol. The Morgan fingerprint density at radius 1 is 1.14 bits per heavy atom. The zero-order valence-electron chi connectivity index (χ0n) is 15.6. The molecule has 2 aromatic carbocycles. The summed E-state index contributed by atoms with van der Waals surface area (Å²) in [6, 6.07) is 16.8. The number of aromatic nitrogens is 3. The van der Waals surface area contributed by atoms with Crippen LogP contribution in [0.5, 0.6) is 0 Å². The molecule has 2 heterocycles. The van der Waals surface area contributed by atoms with Crippen molar-refractivity contribution in [2.45, 2.75) is 13.3 Å². The molecule has 4 aromatic rings. The van der Waals surface area contributed by atoms with Gasteiger partial charge in [0.1, 0.15) is 12.0 Å². The first-order valence-electron chi connectivity index (χ1n) is 8.98. The van der Waals surface area contributed by atoms with Crippen molar-refractivity contribution in [3.8, 4) is 22.5 Å². The van der Waals surface area contributed by atoms with Crippen LogP contribution in [0, 0.1) is 6.92 Å². The average molecular weight is 405 g/mol. The minimum absolute atomic E-state index is 0.207. The molecule has 2 aromatic heterocycles. The Bertz CT molecular complexity index is 1140. The smallest absolute Gasteiger partial charge is 0.241 e. The maximum atomic E-state index is 12.6. The van der Waals surface area contributed by atoms with Crippen molar-refractivity contribution >= 4 is 23.4 Å². The van der Waals surface area contributed by atoms with E-state index in [-0.39, 0.29) is 18.2 Å². The Morgan fingerprint density at radius 3 is 2.69 bits per heavy atom. The van der Waals surface area contributed by atoms with Gasteiger partial charge in [0.05, 0.1) is 17.7 Å². The molecule has 0 aliphatic heterocycles. The third-order valence-electron chi connectivity index (χ3n) is 4.42. The van der Waals surface area contributed by atoms with E-state index >= 15 is 0 Å². The highest BCUT2D eigenvalue weighted by Gasteiger charge is 2.22. The molecule has 0 aliphatic rings. The Labute approximate surface area is 172 Å². The minimum atomic E-state index is -0.207. The van der Waals surface area contributed by atoms with Gasteiger partial charge in [0.15, 0.2) is 0 Å². The number of hydrogen-bond donors (Lipinski definition) is 1. The summed E-state index contributed by atoms with van der Waals surface area (Å²) < 4.78 is 5.51.